The summed E-state index contributed by atoms with van der Waals surface area (Å²) in [4.78, 5) is 31.9. The van der Waals surface area contributed by atoms with Gasteiger partial charge in [0.15, 0.2) is 11.5 Å². The molecule has 13 heteroatoms. The first-order chi connectivity index (χ1) is 21.9. The fraction of sp³-hybridized carbons (Fsp3) is 0.424. The Labute approximate surface area is 271 Å². The second-order valence-corrected chi connectivity index (χ2v) is 11.5. The molecule has 12 nitrogen and oxygen atoms in total. The van der Waals surface area contributed by atoms with Crippen molar-refractivity contribution in [1.82, 2.24) is 15.6 Å². The van der Waals surface area contributed by atoms with Crippen molar-refractivity contribution in [2.24, 2.45) is 11.8 Å². The summed E-state index contributed by atoms with van der Waals surface area (Å²) in [5, 5.41) is 27.7. The Balaban J connectivity index is 1.95. The maximum absolute atomic E-state index is 14.0. The van der Waals surface area contributed by atoms with Crippen LogP contribution in [0, 0.1) is 11.8 Å². The van der Waals surface area contributed by atoms with Crippen LogP contribution < -0.4 is 30.2 Å². The van der Waals surface area contributed by atoms with E-state index in [2.05, 4.69) is 20.9 Å². The lowest BCUT2D eigenvalue weighted by Gasteiger charge is -2.28. The molecule has 0 fully saturated rings. The smallest absolute Gasteiger partial charge is 0.493 e. The van der Waals surface area contributed by atoms with Crippen LogP contribution in [0.3, 0.4) is 0 Å². The lowest BCUT2D eigenvalue weighted by atomic mass is 9.99. The van der Waals surface area contributed by atoms with E-state index in [1.54, 1.807) is 18.3 Å². The Hall–Kier alpha value is -4.33. The number of anilines is 1. The van der Waals surface area contributed by atoms with Gasteiger partial charge in [0.1, 0.15) is 18.3 Å². The van der Waals surface area contributed by atoms with E-state index >= 15 is 0 Å². The minimum Gasteiger partial charge on any atom is -0.493 e. The van der Waals surface area contributed by atoms with Crippen LogP contribution in [0.15, 0.2) is 60.8 Å². The van der Waals surface area contributed by atoms with Gasteiger partial charge in [-0.25, -0.2) is 0 Å². The molecule has 0 bridgehead atoms. The fourth-order valence-electron chi connectivity index (χ4n) is 4.96. The standard InChI is InChI=1S/C33H45BN4O8/c1-20(2)15-29(46-34(41)42)37-33(40)30(21(3)4)38-32(39)26(16-22-17-27(43-5)31(45-7)28(18-22)44-6)36-24-12-10-11-23(19-24)25-13-8-9-14-35-25/h8-14,17-21,26,29-30,36,41-42H,15-16H2,1-7H3,(H,37,40)(H,38,39)/t26-,29+,30-/m0/s1. The minimum absolute atomic E-state index is 0.0880. The normalized spacial score (nSPS) is 13.0. The summed E-state index contributed by atoms with van der Waals surface area (Å²) in [6.45, 7) is 7.44. The molecule has 0 radical (unpaired) electrons. The van der Waals surface area contributed by atoms with E-state index in [0.717, 1.165) is 16.8 Å². The van der Waals surface area contributed by atoms with Gasteiger partial charge in [-0.15, -0.1) is 0 Å². The Morgan fingerprint density at radius 1 is 0.870 bits per heavy atom. The molecule has 1 heterocycles. The number of ether oxygens (including phenoxy) is 3. The van der Waals surface area contributed by atoms with E-state index in [-0.39, 0.29) is 18.3 Å². The van der Waals surface area contributed by atoms with E-state index in [0.29, 0.717) is 29.4 Å². The first kappa shape index (κ1) is 36.1. The molecule has 248 valence electrons. The van der Waals surface area contributed by atoms with Gasteiger partial charge in [0.25, 0.3) is 0 Å². The third-order valence-corrected chi connectivity index (χ3v) is 7.17. The number of benzene rings is 2. The number of methoxy groups -OCH3 is 3. The molecular formula is C33H45BN4O8. The first-order valence-electron chi connectivity index (χ1n) is 15.1. The summed E-state index contributed by atoms with van der Waals surface area (Å²) in [6, 6.07) is 14.9. The summed E-state index contributed by atoms with van der Waals surface area (Å²) in [5.41, 5.74) is 3.03. The highest BCUT2D eigenvalue weighted by atomic mass is 16.6. The summed E-state index contributed by atoms with van der Waals surface area (Å²) in [5.74, 6) is 0.132. The van der Waals surface area contributed by atoms with Crippen LogP contribution in [0.4, 0.5) is 5.69 Å². The van der Waals surface area contributed by atoms with Crippen LogP contribution in [0.25, 0.3) is 11.3 Å². The van der Waals surface area contributed by atoms with Crippen molar-refractivity contribution in [3.63, 3.8) is 0 Å². The van der Waals surface area contributed by atoms with Crippen LogP contribution in [-0.2, 0) is 20.7 Å². The van der Waals surface area contributed by atoms with Crippen molar-refractivity contribution in [3.05, 3.63) is 66.4 Å². The van der Waals surface area contributed by atoms with Gasteiger partial charge in [0, 0.05) is 23.9 Å². The van der Waals surface area contributed by atoms with Crippen LogP contribution >= 0.6 is 0 Å². The number of aromatic nitrogens is 1. The van der Waals surface area contributed by atoms with E-state index in [1.807, 2.05) is 70.2 Å². The highest BCUT2D eigenvalue weighted by Crippen LogP contribution is 2.38. The molecule has 46 heavy (non-hydrogen) atoms. The van der Waals surface area contributed by atoms with Crippen LogP contribution in [0.1, 0.15) is 39.7 Å². The molecule has 3 rings (SSSR count). The molecule has 2 amide bonds. The Kier molecular flexibility index (Phi) is 13.7. The zero-order chi connectivity index (χ0) is 33.8. The van der Waals surface area contributed by atoms with Gasteiger partial charge in [-0.1, -0.05) is 45.9 Å². The molecule has 0 saturated heterocycles. The fourth-order valence-corrected chi connectivity index (χ4v) is 4.96. The Morgan fingerprint density at radius 2 is 1.57 bits per heavy atom. The van der Waals surface area contributed by atoms with Gasteiger partial charge in [0.2, 0.25) is 17.6 Å². The number of rotatable bonds is 17. The summed E-state index contributed by atoms with van der Waals surface area (Å²) in [6.07, 6.45) is 1.28. The van der Waals surface area contributed by atoms with Gasteiger partial charge in [-0.05, 0) is 60.2 Å². The largest absolute Gasteiger partial charge is 0.635 e. The quantitative estimate of drug-likeness (QED) is 0.110. The predicted octanol–water partition coefficient (Wildman–Crippen LogP) is 3.41. The summed E-state index contributed by atoms with van der Waals surface area (Å²) in [7, 11) is 2.49. The predicted molar refractivity (Wildman–Crippen MR) is 176 cm³/mol. The summed E-state index contributed by atoms with van der Waals surface area (Å²) >= 11 is 0. The van der Waals surface area contributed by atoms with Crippen LogP contribution in [0.2, 0.25) is 0 Å². The molecule has 0 aliphatic heterocycles. The number of carbonyl (C=O) groups is 2. The van der Waals surface area contributed by atoms with Crippen molar-refractivity contribution in [1.29, 1.82) is 0 Å². The van der Waals surface area contributed by atoms with Crippen molar-refractivity contribution in [3.8, 4) is 28.5 Å². The number of amides is 2. The van der Waals surface area contributed by atoms with Gasteiger partial charge >= 0.3 is 7.32 Å². The third-order valence-electron chi connectivity index (χ3n) is 7.17. The maximum atomic E-state index is 14.0. The molecule has 5 N–H and O–H groups in total. The zero-order valence-corrected chi connectivity index (χ0v) is 27.4. The number of pyridine rings is 1. The highest BCUT2D eigenvalue weighted by molar-refractivity contribution is 6.32. The second-order valence-electron chi connectivity index (χ2n) is 11.5. The molecule has 0 aliphatic rings. The van der Waals surface area contributed by atoms with Gasteiger partial charge in [-0.3, -0.25) is 14.6 Å². The lowest BCUT2D eigenvalue weighted by Crippen LogP contribution is -2.56. The number of nitrogens with zero attached hydrogens (tertiary/aromatic N) is 1. The van der Waals surface area contributed by atoms with Crippen LogP contribution in [-0.4, -0.2) is 73.8 Å². The monoisotopic (exact) mass is 636 g/mol. The Bertz CT molecular complexity index is 1390. The summed E-state index contributed by atoms with van der Waals surface area (Å²) < 4.78 is 21.6. The SMILES string of the molecule is COc1cc(C[C@H](Nc2cccc(-c3ccccn3)c2)C(=O)N[C@H](C(=O)N[C@@H](CC(C)C)OB(O)O)C(C)C)cc(OC)c1OC. The van der Waals surface area contributed by atoms with Crippen molar-refractivity contribution < 1.29 is 38.5 Å². The van der Waals surface area contributed by atoms with Gasteiger partial charge < -0.3 is 44.9 Å². The van der Waals surface area contributed by atoms with Crippen LogP contribution in [0.5, 0.6) is 17.2 Å². The first-order valence-corrected chi connectivity index (χ1v) is 15.1. The highest BCUT2D eigenvalue weighted by Gasteiger charge is 2.31. The number of hydrogen-bond acceptors (Lipinski definition) is 10. The molecule has 0 unspecified atom stereocenters. The second kappa shape index (κ2) is 17.4. The van der Waals surface area contributed by atoms with Gasteiger partial charge in [-0.2, -0.15) is 0 Å². The van der Waals surface area contributed by atoms with E-state index in [9.17, 15) is 19.6 Å². The number of nitrogens with one attached hydrogen (secondary N) is 3. The molecule has 3 atom stereocenters. The molecule has 0 saturated carbocycles. The average Bonchev–Trinajstić information content (AvgIpc) is 3.02. The molecule has 1 aromatic heterocycles. The van der Waals surface area contributed by atoms with Crippen molar-refractivity contribution >= 4 is 24.8 Å². The van der Waals surface area contributed by atoms with E-state index in [4.69, 9.17) is 18.9 Å². The average molecular weight is 637 g/mol. The van der Waals surface area contributed by atoms with Crippen molar-refractivity contribution in [2.75, 3.05) is 26.6 Å². The molecule has 2 aromatic carbocycles. The third kappa shape index (κ3) is 10.4. The topological polar surface area (TPSA) is 160 Å². The number of hydrogen-bond donors (Lipinski definition) is 5. The molecule has 0 spiro atoms. The maximum Gasteiger partial charge on any atom is 0.635 e. The van der Waals surface area contributed by atoms with E-state index < -0.39 is 37.4 Å². The zero-order valence-electron chi connectivity index (χ0n) is 27.4. The molecular weight excluding hydrogens is 591 g/mol. The Morgan fingerprint density at radius 3 is 2.11 bits per heavy atom. The lowest BCUT2D eigenvalue weighted by molar-refractivity contribution is -0.132. The van der Waals surface area contributed by atoms with Gasteiger partial charge in [0.05, 0.1) is 27.0 Å². The number of carbonyl (C=O) groups excluding carboxylic acids is 2. The van der Waals surface area contributed by atoms with Crippen molar-refractivity contribution in [2.45, 2.75) is 58.8 Å². The molecule has 3 aromatic rings. The van der Waals surface area contributed by atoms with E-state index in [1.165, 1.54) is 21.3 Å². The molecule has 0 aliphatic carbocycles. The minimum atomic E-state index is -2.06.